The van der Waals surface area contributed by atoms with Crippen LogP contribution in [0.5, 0.6) is 11.5 Å². The first-order valence-corrected chi connectivity index (χ1v) is 9.33. The molecule has 0 aliphatic heterocycles. The minimum atomic E-state index is 0.0153. The lowest BCUT2D eigenvalue weighted by Crippen LogP contribution is -2.40. The number of hydrogen-bond donors (Lipinski definition) is 1. The van der Waals surface area contributed by atoms with E-state index in [0.717, 1.165) is 23.3 Å². The Bertz CT molecular complexity index is 725. The molecule has 3 nitrogen and oxygen atoms in total. The van der Waals surface area contributed by atoms with Crippen molar-refractivity contribution in [3.63, 3.8) is 0 Å². The molecule has 4 atom stereocenters. The van der Waals surface area contributed by atoms with Gasteiger partial charge in [-0.3, -0.25) is 4.79 Å². The van der Waals surface area contributed by atoms with E-state index in [9.17, 15) is 4.79 Å². The van der Waals surface area contributed by atoms with E-state index in [1.165, 1.54) is 25.7 Å². The fourth-order valence-electron chi connectivity index (χ4n) is 4.60. The monoisotopic (exact) mass is 335 g/mol. The van der Waals surface area contributed by atoms with Crippen molar-refractivity contribution in [3.05, 3.63) is 60.2 Å². The number of hydrogen-bond acceptors (Lipinski definition) is 2. The molecule has 0 spiro atoms. The third-order valence-electron chi connectivity index (χ3n) is 5.89. The molecule has 1 amide bonds. The van der Waals surface area contributed by atoms with Crippen LogP contribution in [0.4, 0.5) is 0 Å². The minimum absolute atomic E-state index is 0.0153. The van der Waals surface area contributed by atoms with Gasteiger partial charge in [-0.05, 0) is 80.3 Å². The quantitative estimate of drug-likeness (QED) is 0.832. The number of para-hydroxylation sites is 1. The van der Waals surface area contributed by atoms with Crippen LogP contribution in [0.3, 0.4) is 0 Å². The van der Waals surface area contributed by atoms with Gasteiger partial charge in [0.15, 0.2) is 0 Å². The summed E-state index contributed by atoms with van der Waals surface area (Å²) in [5.74, 6) is 3.93. The standard InChI is InChI=1S/C22H25NO2/c1-15(21-14-16-7-8-18(21)13-16)23-22(24)17-9-11-20(12-10-17)25-19-5-3-2-4-6-19/h2-6,9-12,15-16,18,21H,7-8,13-14H2,1H3,(H,23,24)/t15-,16-,18-,21-/m0/s1. The zero-order valence-corrected chi connectivity index (χ0v) is 14.7. The number of nitrogens with one attached hydrogen (secondary N) is 1. The Morgan fingerprint density at radius 1 is 1.00 bits per heavy atom. The van der Waals surface area contributed by atoms with Crippen LogP contribution in [0.15, 0.2) is 54.6 Å². The van der Waals surface area contributed by atoms with Gasteiger partial charge in [-0.15, -0.1) is 0 Å². The van der Waals surface area contributed by atoms with E-state index in [1.54, 1.807) is 0 Å². The number of fused-ring (bicyclic) bond motifs is 2. The first kappa shape index (κ1) is 16.2. The Morgan fingerprint density at radius 2 is 1.72 bits per heavy atom. The van der Waals surface area contributed by atoms with Crippen molar-refractivity contribution in [2.24, 2.45) is 17.8 Å². The Kier molecular flexibility index (Phi) is 4.48. The van der Waals surface area contributed by atoms with Crippen LogP contribution in [0.25, 0.3) is 0 Å². The Hall–Kier alpha value is -2.29. The van der Waals surface area contributed by atoms with Crippen LogP contribution in [-0.4, -0.2) is 11.9 Å². The summed E-state index contributed by atoms with van der Waals surface area (Å²) in [4.78, 5) is 12.5. The second-order valence-electron chi connectivity index (χ2n) is 7.54. The smallest absolute Gasteiger partial charge is 0.251 e. The van der Waals surface area contributed by atoms with E-state index < -0.39 is 0 Å². The zero-order valence-electron chi connectivity index (χ0n) is 14.7. The maximum Gasteiger partial charge on any atom is 0.251 e. The topological polar surface area (TPSA) is 38.3 Å². The predicted molar refractivity (Wildman–Crippen MR) is 98.8 cm³/mol. The van der Waals surface area contributed by atoms with Crippen molar-refractivity contribution in [1.29, 1.82) is 0 Å². The van der Waals surface area contributed by atoms with Gasteiger partial charge < -0.3 is 10.1 Å². The first-order chi connectivity index (χ1) is 12.2. The second-order valence-corrected chi connectivity index (χ2v) is 7.54. The summed E-state index contributed by atoms with van der Waals surface area (Å²) < 4.78 is 5.78. The lowest BCUT2D eigenvalue weighted by atomic mass is 9.84. The van der Waals surface area contributed by atoms with E-state index in [0.29, 0.717) is 11.5 Å². The van der Waals surface area contributed by atoms with Crippen molar-refractivity contribution in [3.8, 4) is 11.5 Å². The van der Waals surface area contributed by atoms with Gasteiger partial charge in [0, 0.05) is 11.6 Å². The second kappa shape index (κ2) is 6.91. The average molecular weight is 335 g/mol. The molecule has 130 valence electrons. The SMILES string of the molecule is C[C@H](NC(=O)c1ccc(Oc2ccccc2)cc1)[C@@H]1C[C@H]2CC[C@H]1C2. The molecular formula is C22H25NO2. The van der Waals surface area contributed by atoms with Crippen LogP contribution >= 0.6 is 0 Å². The lowest BCUT2D eigenvalue weighted by molar-refractivity contribution is 0.0915. The third-order valence-corrected chi connectivity index (χ3v) is 5.89. The molecule has 0 unspecified atom stereocenters. The summed E-state index contributed by atoms with van der Waals surface area (Å²) in [5, 5.41) is 3.21. The Balaban J connectivity index is 1.35. The Morgan fingerprint density at radius 3 is 2.36 bits per heavy atom. The Labute approximate surface area is 149 Å². The van der Waals surface area contributed by atoms with Gasteiger partial charge in [0.2, 0.25) is 0 Å². The van der Waals surface area contributed by atoms with E-state index >= 15 is 0 Å². The van der Waals surface area contributed by atoms with Crippen LogP contribution in [0.2, 0.25) is 0 Å². The molecule has 4 rings (SSSR count). The summed E-state index contributed by atoms with van der Waals surface area (Å²) in [6, 6.07) is 17.3. The molecule has 2 fully saturated rings. The van der Waals surface area contributed by atoms with E-state index in [4.69, 9.17) is 4.74 Å². The fourth-order valence-corrected chi connectivity index (χ4v) is 4.60. The molecule has 3 heteroatoms. The largest absolute Gasteiger partial charge is 0.457 e. The van der Waals surface area contributed by atoms with Crippen molar-refractivity contribution in [2.75, 3.05) is 0 Å². The number of rotatable bonds is 5. The van der Waals surface area contributed by atoms with Gasteiger partial charge in [-0.1, -0.05) is 24.6 Å². The van der Waals surface area contributed by atoms with Crippen LogP contribution in [-0.2, 0) is 0 Å². The van der Waals surface area contributed by atoms with Gasteiger partial charge in [-0.25, -0.2) is 0 Å². The molecule has 0 aromatic heterocycles. The highest BCUT2D eigenvalue weighted by atomic mass is 16.5. The number of carbonyl (C=O) groups excluding carboxylic acids is 1. The number of amides is 1. The zero-order chi connectivity index (χ0) is 17.2. The molecule has 0 radical (unpaired) electrons. The molecule has 1 N–H and O–H groups in total. The van der Waals surface area contributed by atoms with Gasteiger partial charge in [0.1, 0.15) is 11.5 Å². The number of benzene rings is 2. The normalized spacial score (nSPS) is 25.6. The minimum Gasteiger partial charge on any atom is -0.457 e. The lowest BCUT2D eigenvalue weighted by Gasteiger charge is -2.28. The summed E-state index contributed by atoms with van der Waals surface area (Å²) in [6.45, 7) is 2.16. The molecule has 2 saturated carbocycles. The molecule has 0 saturated heterocycles. The highest BCUT2D eigenvalue weighted by Crippen LogP contribution is 2.49. The summed E-state index contributed by atoms with van der Waals surface area (Å²) >= 11 is 0. The van der Waals surface area contributed by atoms with Gasteiger partial charge in [-0.2, -0.15) is 0 Å². The van der Waals surface area contributed by atoms with Crippen molar-refractivity contribution < 1.29 is 9.53 Å². The van der Waals surface area contributed by atoms with Crippen molar-refractivity contribution in [2.45, 2.75) is 38.6 Å². The van der Waals surface area contributed by atoms with Gasteiger partial charge in [0.05, 0.1) is 0 Å². The summed E-state index contributed by atoms with van der Waals surface area (Å²) in [5.41, 5.74) is 0.690. The first-order valence-electron chi connectivity index (χ1n) is 9.33. The van der Waals surface area contributed by atoms with Crippen molar-refractivity contribution >= 4 is 5.91 Å². The van der Waals surface area contributed by atoms with Crippen molar-refractivity contribution in [1.82, 2.24) is 5.32 Å². The molecule has 2 aliphatic carbocycles. The van der Waals surface area contributed by atoms with Crippen LogP contribution < -0.4 is 10.1 Å². The molecule has 2 aromatic rings. The van der Waals surface area contributed by atoms with E-state index in [2.05, 4.69) is 12.2 Å². The summed E-state index contributed by atoms with van der Waals surface area (Å²) in [7, 11) is 0. The average Bonchev–Trinajstić information content (AvgIpc) is 3.26. The molecular weight excluding hydrogens is 310 g/mol. The highest BCUT2D eigenvalue weighted by Gasteiger charge is 2.42. The van der Waals surface area contributed by atoms with Crippen LogP contribution in [0, 0.1) is 17.8 Å². The van der Waals surface area contributed by atoms with Crippen LogP contribution in [0.1, 0.15) is 43.0 Å². The predicted octanol–water partition coefficient (Wildman–Crippen LogP) is 5.03. The van der Waals surface area contributed by atoms with Gasteiger partial charge in [0.25, 0.3) is 5.91 Å². The molecule has 25 heavy (non-hydrogen) atoms. The highest BCUT2D eigenvalue weighted by molar-refractivity contribution is 5.94. The maximum absolute atomic E-state index is 12.5. The molecule has 2 aromatic carbocycles. The van der Waals surface area contributed by atoms with E-state index in [1.807, 2.05) is 54.6 Å². The molecule has 2 aliphatic rings. The third kappa shape index (κ3) is 3.55. The van der Waals surface area contributed by atoms with Gasteiger partial charge >= 0.3 is 0 Å². The maximum atomic E-state index is 12.5. The number of carbonyl (C=O) groups is 1. The number of ether oxygens (including phenoxy) is 1. The summed E-state index contributed by atoms with van der Waals surface area (Å²) in [6.07, 6.45) is 5.40. The molecule has 2 bridgehead atoms. The van der Waals surface area contributed by atoms with E-state index in [-0.39, 0.29) is 11.9 Å². The fraction of sp³-hybridized carbons (Fsp3) is 0.409. The molecule has 0 heterocycles.